The molecule has 1 aromatic heterocycles. The van der Waals surface area contributed by atoms with Crippen molar-refractivity contribution in [3.63, 3.8) is 0 Å². The van der Waals surface area contributed by atoms with Crippen molar-refractivity contribution in [3.05, 3.63) is 46.3 Å². The van der Waals surface area contributed by atoms with Crippen molar-refractivity contribution in [2.75, 3.05) is 18.4 Å². The van der Waals surface area contributed by atoms with E-state index in [9.17, 15) is 13.2 Å². The van der Waals surface area contributed by atoms with E-state index < -0.39 is 15.9 Å². The highest BCUT2D eigenvalue weighted by Gasteiger charge is 2.27. The number of amides is 1. The third-order valence-corrected chi connectivity index (χ3v) is 6.64. The maximum absolute atomic E-state index is 12.9. The first kappa shape index (κ1) is 18.2. The van der Waals surface area contributed by atoms with Crippen LogP contribution in [0.1, 0.15) is 35.4 Å². The van der Waals surface area contributed by atoms with Crippen LogP contribution in [-0.2, 0) is 10.0 Å². The zero-order chi connectivity index (χ0) is 18.0. The minimum Gasteiger partial charge on any atom is -0.444 e. The second-order valence-electron chi connectivity index (χ2n) is 6.00. The molecule has 2 aromatic rings. The van der Waals surface area contributed by atoms with Crippen LogP contribution in [0.4, 0.5) is 5.69 Å². The van der Waals surface area contributed by atoms with Crippen LogP contribution in [0.15, 0.2) is 44.3 Å². The number of sulfonamides is 1. The van der Waals surface area contributed by atoms with E-state index >= 15 is 0 Å². The molecule has 2 heterocycles. The number of halogens is 1. The molecule has 1 aromatic carbocycles. The van der Waals surface area contributed by atoms with Gasteiger partial charge in [-0.2, -0.15) is 4.31 Å². The van der Waals surface area contributed by atoms with E-state index in [4.69, 9.17) is 4.42 Å². The Morgan fingerprint density at radius 1 is 1.16 bits per heavy atom. The lowest BCUT2D eigenvalue weighted by Gasteiger charge is -2.26. The Morgan fingerprint density at radius 2 is 1.88 bits per heavy atom. The molecule has 0 spiro atoms. The fraction of sp³-hybridized carbons (Fsp3) is 0.353. The highest BCUT2D eigenvalue weighted by molar-refractivity contribution is 9.10. The molecule has 0 unspecified atom stereocenters. The quantitative estimate of drug-likeness (QED) is 0.806. The molecule has 1 aliphatic heterocycles. The number of carbonyl (C=O) groups is 1. The first-order valence-electron chi connectivity index (χ1n) is 8.05. The highest BCUT2D eigenvalue weighted by atomic mass is 79.9. The van der Waals surface area contributed by atoms with Crippen molar-refractivity contribution in [3.8, 4) is 0 Å². The number of anilines is 1. The molecule has 6 nitrogen and oxygen atoms in total. The van der Waals surface area contributed by atoms with Gasteiger partial charge in [0.05, 0.1) is 4.90 Å². The van der Waals surface area contributed by atoms with Crippen LogP contribution in [0.3, 0.4) is 0 Å². The molecule has 0 aliphatic carbocycles. The summed E-state index contributed by atoms with van der Waals surface area (Å²) in [5, 5.41) is 2.68. The minimum atomic E-state index is -3.56. The van der Waals surface area contributed by atoms with Crippen molar-refractivity contribution in [2.24, 2.45) is 0 Å². The molecule has 0 saturated carbocycles. The van der Waals surface area contributed by atoms with E-state index in [-0.39, 0.29) is 10.7 Å². The van der Waals surface area contributed by atoms with E-state index in [0.717, 1.165) is 19.3 Å². The van der Waals surface area contributed by atoms with Crippen LogP contribution in [-0.4, -0.2) is 31.7 Å². The standard InChI is InChI=1S/C17H19BrN2O4S/c1-12-5-6-13(19-17(21)14-7-8-16(18)24-14)11-15(12)25(22,23)20-9-3-2-4-10-20/h5-8,11H,2-4,9-10H2,1H3,(H,19,21). The third-order valence-electron chi connectivity index (χ3n) is 4.18. The zero-order valence-corrected chi connectivity index (χ0v) is 16.2. The monoisotopic (exact) mass is 426 g/mol. The predicted molar refractivity (Wildman–Crippen MR) is 98.2 cm³/mol. The molecule has 1 fully saturated rings. The Hall–Kier alpha value is -1.64. The number of benzene rings is 1. The molecule has 3 rings (SSSR count). The molecule has 134 valence electrons. The largest absolute Gasteiger partial charge is 0.444 e. The van der Waals surface area contributed by atoms with Crippen LogP contribution in [0, 0.1) is 6.92 Å². The van der Waals surface area contributed by atoms with Gasteiger partial charge in [0.25, 0.3) is 5.91 Å². The number of hydrogen-bond acceptors (Lipinski definition) is 4. The Morgan fingerprint density at radius 3 is 2.52 bits per heavy atom. The molecular formula is C17H19BrN2O4S. The van der Waals surface area contributed by atoms with Gasteiger partial charge >= 0.3 is 0 Å². The first-order valence-corrected chi connectivity index (χ1v) is 10.3. The van der Waals surface area contributed by atoms with Gasteiger partial charge in [-0.25, -0.2) is 8.42 Å². The Balaban J connectivity index is 1.86. The summed E-state index contributed by atoms with van der Waals surface area (Å²) in [7, 11) is -3.56. The van der Waals surface area contributed by atoms with Gasteiger partial charge in [0.15, 0.2) is 10.4 Å². The summed E-state index contributed by atoms with van der Waals surface area (Å²) in [6.07, 6.45) is 2.81. The molecule has 8 heteroatoms. The van der Waals surface area contributed by atoms with Gasteiger partial charge < -0.3 is 9.73 Å². The number of aryl methyl sites for hydroxylation is 1. The van der Waals surface area contributed by atoms with E-state index in [1.165, 1.54) is 10.4 Å². The summed E-state index contributed by atoms with van der Waals surface area (Å²) in [6.45, 7) is 2.84. The first-order chi connectivity index (χ1) is 11.9. The SMILES string of the molecule is Cc1ccc(NC(=O)c2ccc(Br)o2)cc1S(=O)(=O)N1CCCCC1. The smallest absolute Gasteiger partial charge is 0.291 e. The van der Waals surface area contributed by atoms with Crippen molar-refractivity contribution in [2.45, 2.75) is 31.1 Å². The molecule has 1 aliphatic rings. The Kier molecular flexibility index (Phi) is 5.31. The maximum atomic E-state index is 12.9. The normalized spacial score (nSPS) is 15.9. The van der Waals surface area contributed by atoms with Gasteiger partial charge in [-0.1, -0.05) is 12.5 Å². The second-order valence-corrected chi connectivity index (χ2v) is 8.69. The molecule has 1 N–H and O–H groups in total. The summed E-state index contributed by atoms with van der Waals surface area (Å²) < 4.78 is 33.0. The van der Waals surface area contributed by atoms with Crippen molar-refractivity contribution in [1.82, 2.24) is 4.31 Å². The lowest BCUT2D eigenvalue weighted by molar-refractivity contribution is 0.0995. The number of nitrogens with one attached hydrogen (secondary N) is 1. The van der Waals surface area contributed by atoms with Crippen LogP contribution < -0.4 is 5.32 Å². The van der Waals surface area contributed by atoms with Gasteiger partial charge in [-0.15, -0.1) is 0 Å². The van der Waals surface area contributed by atoms with Gasteiger partial charge in [-0.3, -0.25) is 4.79 Å². The fourth-order valence-electron chi connectivity index (χ4n) is 2.83. The molecule has 0 atom stereocenters. The summed E-state index contributed by atoms with van der Waals surface area (Å²) in [5.41, 5.74) is 1.07. The third kappa shape index (κ3) is 3.96. The average Bonchev–Trinajstić information content (AvgIpc) is 3.04. The Bertz CT molecular complexity index is 886. The molecule has 0 radical (unpaired) electrons. The topological polar surface area (TPSA) is 79.6 Å². The van der Waals surface area contributed by atoms with E-state index in [0.29, 0.717) is 29.0 Å². The minimum absolute atomic E-state index is 0.146. The van der Waals surface area contributed by atoms with E-state index in [1.54, 1.807) is 31.2 Å². The van der Waals surface area contributed by atoms with E-state index in [1.807, 2.05) is 0 Å². The van der Waals surface area contributed by atoms with Gasteiger partial charge in [0.1, 0.15) is 0 Å². The molecule has 1 saturated heterocycles. The zero-order valence-electron chi connectivity index (χ0n) is 13.8. The maximum Gasteiger partial charge on any atom is 0.291 e. The number of furan rings is 1. The molecular weight excluding hydrogens is 408 g/mol. The summed E-state index contributed by atoms with van der Waals surface area (Å²) in [5.74, 6) is -0.288. The fourth-order valence-corrected chi connectivity index (χ4v) is 4.90. The summed E-state index contributed by atoms with van der Waals surface area (Å²) >= 11 is 3.15. The number of nitrogens with zero attached hydrogens (tertiary/aromatic N) is 1. The number of rotatable bonds is 4. The molecule has 0 bridgehead atoms. The lowest BCUT2D eigenvalue weighted by atomic mass is 10.2. The van der Waals surface area contributed by atoms with Gasteiger partial charge in [0.2, 0.25) is 10.0 Å². The average molecular weight is 427 g/mol. The Labute approximate surface area is 155 Å². The summed E-state index contributed by atoms with van der Waals surface area (Å²) in [4.78, 5) is 12.4. The highest BCUT2D eigenvalue weighted by Crippen LogP contribution is 2.26. The number of hydrogen-bond donors (Lipinski definition) is 1. The van der Waals surface area contributed by atoms with Crippen LogP contribution >= 0.6 is 15.9 Å². The van der Waals surface area contributed by atoms with Crippen molar-refractivity contribution < 1.29 is 17.6 Å². The lowest BCUT2D eigenvalue weighted by Crippen LogP contribution is -2.36. The second kappa shape index (κ2) is 7.31. The van der Waals surface area contributed by atoms with Crippen LogP contribution in [0.25, 0.3) is 0 Å². The summed E-state index contributed by atoms with van der Waals surface area (Å²) in [6, 6.07) is 8.05. The van der Waals surface area contributed by atoms with Crippen LogP contribution in [0.5, 0.6) is 0 Å². The van der Waals surface area contributed by atoms with Crippen molar-refractivity contribution >= 4 is 37.5 Å². The molecule has 25 heavy (non-hydrogen) atoms. The van der Waals surface area contributed by atoms with Crippen molar-refractivity contribution in [1.29, 1.82) is 0 Å². The van der Waals surface area contributed by atoms with Crippen LogP contribution in [0.2, 0.25) is 0 Å². The van der Waals surface area contributed by atoms with E-state index in [2.05, 4.69) is 21.2 Å². The van der Waals surface area contributed by atoms with Gasteiger partial charge in [-0.05, 0) is 65.5 Å². The molecule has 1 amide bonds. The number of carbonyl (C=O) groups excluding carboxylic acids is 1. The predicted octanol–water partition coefficient (Wildman–Crippen LogP) is 3.78. The number of piperidine rings is 1. The van der Waals surface area contributed by atoms with Gasteiger partial charge in [0, 0.05) is 18.8 Å².